The highest BCUT2D eigenvalue weighted by Gasteiger charge is 2.16. The fourth-order valence-electron chi connectivity index (χ4n) is 3.53. The van der Waals surface area contributed by atoms with E-state index in [4.69, 9.17) is 9.15 Å². The number of nitro benzene ring substituents is 1. The molecule has 0 aliphatic rings. The number of nitrogens with zero attached hydrogens (tertiary/aromatic N) is 3. The number of rotatable bonds is 8. The van der Waals surface area contributed by atoms with Crippen LogP contribution in [0.25, 0.3) is 22.6 Å². The Morgan fingerprint density at radius 3 is 2.62 bits per heavy atom. The minimum Gasteiger partial charge on any atom is -0.504 e. The fraction of sp³-hybridized carbons (Fsp3) is 0.231. The molecule has 0 aliphatic heterocycles. The molecule has 8 heteroatoms. The van der Waals surface area contributed by atoms with Crippen LogP contribution >= 0.6 is 0 Å². The summed E-state index contributed by atoms with van der Waals surface area (Å²) in [5.41, 5.74) is 4.19. The lowest BCUT2D eigenvalue weighted by atomic mass is 9.98. The first-order chi connectivity index (χ1) is 16.4. The number of non-ortho nitro benzene ring substituents is 1. The molecule has 34 heavy (non-hydrogen) atoms. The minimum absolute atomic E-state index is 0.0425. The van der Waals surface area contributed by atoms with Crippen LogP contribution in [-0.4, -0.2) is 27.8 Å². The van der Waals surface area contributed by atoms with E-state index < -0.39 is 4.92 Å². The van der Waals surface area contributed by atoms with Gasteiger partial charge < -0.3 is 14.3 Å². The number of fused-ring (bicyclic) bond motifs is 1. The Labute approximate surface area is 196 Å². The van der Waals surface area contributed by atoms with Gasteiger partial charge in [0.05, 0.1) is 23.3 Å². The van der Waals surface area contributed by atoms with E-state index in [2.05, 4.69) is 36.0 Å². The van der Waals surface area contributed by atoms with Gasteiger partial charge in [0.1, 0.15) is 5.52 Å². The number of phenols is 1. The molecule has 4 rings (SSSR count). The number of oxazole rings is 1. The summed E-state index contributed by atoms with van der Waals surface area (Å²) in [7, 11) is 0. The summed E-state index contributed by atoms with van der Waals surface area (Å²) in [6.07, 6.45) is 2.43. The number of ether oxygens (including phenoxy) is 1. The van der Waals surface area contributed by atoms with Crippen LogP contribution in [0.15, 0.2) is 64.0 Å². The second-order valence-electron chi connectivity index (χ2n) is 7.93. The molecule has 1 N–H and O–H groups in total. The van der Waals surface area contributed by atoms with E-state index in [9.17, 15) is 15.2 Å². The normalized spacial score (nSPS) is 12.3. The van der Waals surface area contributed by atoms with Crippen LogP contribution in [0.1, 0.15) is 44.2 Å². The van der Waals surface area contributed by atoms with E-state index in [0.29, 0.717) is 17.5 Å². The predicted octanol–water partition coefficient (Wildman–Crippen LogP) is 6.77. The Morgan fingerprint density at radius 2 is 1.94 bits per heavy atom. The highest BCUT2D eigenvalue weighted by molar-refractivity contribution is 5.88. The summed E-state index contributed by atoms with van der Waals surface area (Å²) in [5.74, 6) is 0.818. The average Bonchev–Trinajstić information content (AvgIpc) is 3.27. The van der Waals surface area contributed by atoms with Gasteiger partial charge in [-0.05, 0) is 61.2 Å². The Balaban J connectivity index is 1.58. The third-order valence-corrected chi connectivity index (χ3v) is 5.66. The van der Waals surface area contributed by atoms with Crippen molar-refractivity contribution in [2.75, 3.05) is 6.61 Å². The maximum atomic E-state index is 11.2. The molecule has 1 heterocycles. The number of hydrogen-bond acceptors (Lipinski definition) is 7. The van der Waals surface area contributed by atoms with Crippen LogP contribution in [0.3, 0.4) is 0 Å². The second-order valence-corrected chi connectivity index (χ2v) is 7.93. The van der Waals surface area contributed by atoms with Crippen LogP contribution in [0.5, 0.6) is 11.5 Å². The molecule has 0 aliphatic carbocycles. The fourth-order valence-corrected chi connectivity index (χ4v) is 3.53. The smallest absolute Gasteiger partial charge is 0.274 e. The van der Waals surface area contributed by atoms with Gasteiger partial charge in [0.15, 0.2) is 17.1 Å². The van der Waals surface area contributed by atoms with E-state index in [-0.39, 0.29) is 29.4 Å². The molecule has 0 saturated heterocycles. The lowest BCUT2D eigenvalue weighted by Gasteiger charge is -2.07. The molecular weight excluding hydrogens is 434 g/mol. The van der Waals surface area contributed by atoms with Gasteiger partial charge >= 0.3 is 0 Å². The number of aromatic hydroxyl groups is 1. The van der Waals surface area contributed by atoms with Crippen LogP contribution < -0.4 is 4.74 Å². The lowest BCUT2D eigenvalue weighted by molar-refractivity contribution is -0.385. The van der Waals surface area contributed by atoms with Crippen molar-refractivity contribution < 1.29 is 19.2 Å². The van der Waals surface area contributed by atoms with Crippen molar-refractivity contribution in [3.63, 3.8) is 0 Å². The molecule has 0 bridgehead atoms. The van der Waals surface area contributed by atoms with Crippen molar-refractivity contribution in [3.05, 3.63) is 75.8 Å². The van der Waals surface area contributed by atoms with Crippen LogP contribution in [0, 0.1) is 10.1 Å². The van der Waals surface area contributed by atoms with Gasteiger partial charge in [-0.25, -0.2) is 4.98 Å². The van der Waals surface area contributed by atoms with E-state index in [1.54, 1.807) is 19.1 Å². The molecule has 3 aromatic carbocycles. The molecule has 0 radical (unpaired) electrons. The van der Waals surface area contributed by atoms with Crippen molar-refractivity contribution in [2.24, 2.45) is 4.99 Å². The first kappa shape index (κ1) is 23.0. The van der Waals surface area contributed by atoms with Gasteiger partial charge in [-0.2, -0.15) is 0 Å². The zero-order valence-corrected chi connectivity index (χ0v) is 19.2. The first-order valence-corrected chi connectivity index (χ1v) is 11.1. The Kier molecular flexibility index (Phi) is 6.58. The summed E-state index contributed by atoms with van der Waals surface area (Å²) in [4.78, 5) is 19.6. The van der Waals surface area contributed by atoms with E-state index in [1.165, 1.54) is 23.9 Å². The van der Waals surface area contributed by atoms with Gasteiger partial charge in [0, 0.05) is 23.4 Å². The quantitative estimate of drug-likeness (QED) is 0.177. The summed E-state index contributed by atoms with van der Waals surface area (Å²) in [6, 6.07) is 15.8. The lowest BCUT2D eigenvalue weighted by Crippen LogP contribution is -1.97. The monoisotopic (exact) mass is 459 g/mol. The van der Waals surface area contributed by atoms with E-state index in [1.807, 2.05) is 18.2 Å². The first-order valence-electron chi connectivity index (χ1n) is 11.1. The third kappa shape index (κ3) is 4.76. The predicted molar refractivity (Wildman–Crippen MR) is 131 cm³/mol. The molecule has 0 spiro atoms. The van der Waals surface area contributed by atoms with Gasteiger partial charge in [-0.3, -0.25) is 15.1 Å². The van der Waals surface area contributed by atoms with Gasteiger partial charge in [0.25, 0.3) is 5.69 Å². The number of hydrogen-bond donors (Lipinski definition) is 1. The van der Waals surface area contributed by atoms with Crippen LogP contribution in [0.2, 0.25) is 0 Å². The Bertz CT molecular complexity index is 1360. The zero-order chi connectivity index (χ0) is 24.2. The summed E-state index contributed by atoms with van der Waals surface area (Å²) in [5, 5.41) is 21.6. The average molecular weight is 460 g/mol. The van der Waals surface area contributed by atoms with Crippen molar-refractivity contribution in [1.82, 2.24) is 4.98 Å². The minimum atomic E-state index is -0.541. The summed E-state index contributed by atoms with van der Waals surface area (Å²) < 4.78 is 11.2. The summed E-state index contributed by atoms with van der Waals surface area (Å²) in [6.45, 7) is 6.34. The van der Waals surface area contributed by atoms with Crippen molar-refractivity contribution in [1.29, 1.82) is 0 Å². The topological polar surface area (TPSA) is 111 Å². The second kappa shape index (κ2) is 9.74. The van der Waals surface area contributed by atoms with Crippen molar-refractivity contribution in [2.45, 2.75) is 33.1 Å². The largest absolute Gasteiger partial charge is 0.504 e. The maximum Gasteiger partial charge on any atom is 0.274 e. The molecule has 8 nitrogen and oxygen atoms in total. The van der Waals surface area contributed by atoms with E-state index >= 15 is 0 Å². The zero-order valence-electron chi connectivity index (χ0n) is 19.2. The molecule has 1 aromatic heterocycles. The molecule has 174 valence electrons. The van der Waals surface area contributed by atoms with Crippen molar-refractivity contribution in [3.8, 4) is 23.0 Å². The molecule has 1 atom stereocenters. The molecule has 0 fully saturated rings. The highest BCUT2D eigenvalue weighted by atomic mass is 16.6. The van der Waals surface area contributed by atoms with Gasteiger partial charge in [0.2, 0.25) is 5.89 Å². The number of benzene rings is 3. The Morgan fingerprint density at radius 1 is 1.18 bits per heavy atom. The van der Waals surface area contributed by atoms with Crippen LogP contribution in [-0.2, 0) is 0 Å². The number of aromatic nitrogens is 1. The molecule has 0 unspecified atom stereocenters. The summed E-state index contributed by atoms with van der Waals surface area (Å²) >= 11 is 0. The third-order valence-electron chi connectivity index (χ3n) is 5.66. The SMILES string of the molecule is CCOc1cc([N+](=O)[O-])cc(C=Nc2ccc(-c3nc4cc([C@@H](C)CC)ccc4o3)cc2)c1O. The highest BCUT2D eigenvalue weighted by Crippen LogP contribution is 2.34. The van der Waals surface area contributed by atoms with Crippen molar-refractivity contribution >= 4 is 28.7 Å². The Hall–Kier alpha value is -4.20. The number of phenolic OH excluding ortho intramolecular Hbond substituents is 1. The molecular formula is C26H25N3O5. The van der Waals surface area contributed by atoms with Gasteiger partial charge in [-0.15, -0.1) is 0 Å². The van der Waals surface area contributed by atoms with Gasteiger partial charge in [-0.1, -0.05) is 19.9 Å². The molecule has 0 amide bonds. The molecule has 0 saturated carbocycles. The number of nitro groups is 1. The maximum absolute atomic E-state index is 11.2. The van der Waals surface area contributed by atoms with E-state index in [0.717, 1.165) is 23.1 Å². The molecule has 4 aromatic rings. The van der Waals surface area contributed by atoms with Crippen LogP contribution in [0.4, 0.5) is 11.4 Å². The number of aliphatic imine (C=N–C) groups is 1. The standard InChI is InChI=1S/C26H25N3O5/c1-4-16(3)18-8-11-23-22(13-18)28-26(34-23)17-6-9-20(10-7-17)27-15-19-12-21(29(31)32)14-24(25(19)30)33-5-2/h6-16,30H,4-5H2,1-3H3/t16-/m0/s1.